The normalized spacial score (nSPS) is 10.2. The molecular formula is C24H23NO4. The average molecular weight is 389 g/mol. The molecule has 0 bridgehead atoms. The van der Waals surface area contributed by atoms with Gasteiger partial charge in [-0.25, -0.2) is 4.79 Å². The first kappa shape index (κ1) is 20.1. The van der Waals surface area contributed by atoms with Crippen molar-refractivity contribution in [1.29, 1.82) is 0 Å². The number of amides is 1. The van der Waals surface area contributed by atoms with Crippen LogP contribution in [0.5, 0.6) is 5.75 Å². The summed E-state index contributed by atoms with van der Waals surface area (Å²) in [7, 11) is 0. The summed E-state index contributed by atoms with van der Waals surface area (Å²) in [5, 5.41) is 2.70. The highest BCUT2D eigenvalue weighted by molar-refractivity contribution is 5.95. The number of carbonyl (C=O) groups excluding carboxylic acids is 2. The summed E-state index contributed by atoms with van der Waals surface area (Å²) < 4.78 is 10.8. The number of rotatable bonds is 8. The van der Waals surface area contributed by atoms with Gasteiger partial charge in [0.25, 0.3) is 5.91 Å². The maximum Gasteiger partial charge on any atom is 0.338 e. The molecule has 0 aliphatic carbocycles. The molecule has 0 atom stereocenters. The number of ether oxygens (including phenoxy) is 2. The van der Waals surface area contributed by atoms with Gasteiger partial charge in [0, 0.05) is 5.69 Å². The number of nitrogens with one attached hydrogen (secondary N) is 1. The van der Waals surface area contributed by atoms with Crippen LogP contribution in [0.4, 0.5) is 5.69 Å². The van der Waals surface area contributed by atoms with E-state index in [1.165, 1.54) is 0 Å². The van der Waals surface area contributed by atoms with Crippen LogP contribution in [-0.4, -0.2) is 18.5 Å². The van der Waals surface area contributed by atoms with Crippen LogP contribution in [0.3, 0.4) is 0 Å². The molecule has 0 saturated heterocycles. The smallest absolute Gasteiger partial charge is 0.338 e. The molecule has 5 heteroatoms. The van der Waals surface area contributed by atoms with Gasteiger partial charge in [-0.15, -0.1) is 0 Å². The van der Waals surface area contributed by atoms with Gasteiger partial charge in [-0.2, -0.15) is 0 Å². The predicted molar refractivity (Wildman–Crippen MR) is 112 cm³/mol. The molecular weight excluding hydrogens is 366 g/mol. The Hall–Kier alpha value is -3.60. The molecule has 148 valence electrons. The largest absolute Gasteiger partial charge is 0.489 e. The van der Waals surface area contributed by atoms with Crippen LogP contribution >= 0.6 is 0 Å². The van der Waals surface area contributed by atoms with Crippen molar-refractivity contribution in [2.75, 3.05) is 11.9 Å². The Morgan fingerprint density at radius 2 is 1.52 bits per heavy atom. The van der Waals surface area contributed by atoms with Crippen molar-refractivity contribution >= 4 is 17.6 Å². The van der Waals surface area contributed by atoms with Gasteiger partial charge >= 0.3 is 5.97 Å². The van der Waals surface area contributed by atoms with E-state index in [1.54, 1.807) is 36.4 Å². The van der Waals surface area contributed by atoms with Crippen molar-refractivity contribution in [3.8, 4) is 5.75 Å². The fourth-order valence-electron chi connectivity index (χ4n) is 2.66. The first-order valence-corrected chi connectivity index (χ1v) is 9.47. The lowest BCUT2D eigenvalue weighted by molar-refractivity contribution is -0.119. The Morgan fingerprint density at radius 1 is 0.828 bits per heavy atom. The molecule has 5 nitrogen and oxygen atoms in total. The summed E-state index contributed by atoms with van der Waals surface area (Å²) in [6, 6.07) is 24.1. The molecule has 0 heterocycles. The van der Waals surface area contributed by atoms with E-state index in [-0.39, 0.29) is 6.61 Å². The van der Waals surface area contributed by atoms with Gasteiger partial charge < -0.3 is 14.8 Å². The number of aryl methyl sites for hydroxylation is 1. The van der Waals surface area contributed by atoms with E-state index in [0.29, 0.717) is 23.6 Å². The second-order valence-corrected chi connectivity index (χ2v) is 6.47. The molecule has 3 rings (SSSR count). The molecule has 0 radical (unpaired) electrons. The van der Waals surface area contributed by atoms with Crippen LogP contribution in [0.25, 0.3) is 0 Å². The number of esters is 1. The molecule has 0 aliphatic rings. The number of hydrogen-bond acceptors (Lipinski definition) is 4. The highest BCUT2D eigenvalue weighted by atomic mass is 16.5. The molecule has 29 heavy (non-hydrogen) atoms. The summed E-state index contributed by atoms with van der Waals surface area (Å²) in [4.78, 5) is 24.0. The van der Waals surface area contributed by atoms with E-state index in [2.05, 4.69) is 5.32 Å². The van der Waals surface area contributed by atoms with E-state index in [1.807, 2.05) is 49.4 Å². The molecule has 0 aromatic heterocycles. The lowest BCUT2D eigenvalue weighted by Gasteiger charge is -2.09. The van der Waals surface area contributed by atoms with E-state index in [4.69, 9.17) is 9.47 Å². The van der Waals surface area contributed by atoms with Gasteiger partial charge in [0.2, 0.25) is 0 Å². The first-order valence-electron chi connectivity index (χ1n) is 9.47. The topological polar surface area (TPSA) is 64.6 Å². The van der Waals surface area contributed by atoms with Crippen molar-refractivity contribution in [2.24, 2.45) is 0 Å². The van der Waals surface area contributed by atoms with Crippen LogP contribution in [-0.2, 0) is 22.6 Å². The lowest BCUT2D eigenvalue weighted by atomic mass is 10.1. The summed E-state index contributed by atoms with van der Waals surface area (Å²) in [6.07, 6.45) is 0.897. The lowest BCUT2D eigenvalue weighted by Crippen LogP contribution is -2.20. The predicted octanol–water partition coefficient (Wildman–Crippen LogP) is 4.62. The average Bonchev–Trinajstić information content (AvgIpc) is 2.78. The third-order valence-corrected chi connectivity index (χ3v) is 4.32. The fraction of sp³-hybridized carbons (Fsp3) is 0.167. The highest BCUT2D eigenvalue weighted by Crippen LogP contribution is 2.17. The van der Waals surface area contributed by atoms with Gasteiger partial charge in [-0.1, -0.05) is 49.4 Å². The Bertz CT molecular complexity index is 935. The number of hydrogen-bond donors (Lipinski definition) is 1. The summed E-state index contributed by atoms with van der Waals surface area (Å²) >= 11 is 0. The van der Waals surface area contributed by atoms with Crippen LogP contribution < -0.4 is 10.1 Å². The maximum atomic E-state index is 12.0. The van der Waals surface area contributed by atoms with E-state index < -0.39 is 11.9 Å². The number of benzene rings is 3. The van der Waals surface area contributed by atoms with Crippen molar-refractivity contribution < 1.29 is 19.1 Å². The van der Waals surface area contributed by atoms with E-state index >= 15 is 0 Å². The van der Waals surface area contributed by atoms with Gasteiger partial charge in [0.05, 0.1) is 5.56 Å². The Balaban J connectivity index is 1.44. The standard InChI is InChI=1S/C24H23NO4/c1-2-18-8-10-20(11-9-18)24(27)29-17-23(26)25-21-12-14-22(15-13-21)28-16-19-6-4-3-5-7-19/h3-15H,2,16-17H2,1H3,(H,25,26). The minimum Gasteiger partial charge on any atom is -0.489 e. The zero-order chi connectivity index (χ0) is 20.5. The summed E-state index contributed by atoms with van der Waals surface area (Å²) in [5.74, 6) is -0.220. The van der Waals surface area contributed by atoms with E-state index in [9.17, 15) is 9.59 Å². The summed E-state index contributed by atoms with van der Waals surface area (Å²) in [6.45, 7) is 2.17. The molecule has 0 fully saturated rings. The van der Waals surface area contributed by atoms with E-state index in [0.717, 1.165) is 17.5 Å². The molecule has 0 unspecified atom stereocenters. The molecule has 3 aromatic carbocycles. The number of carbonyl (C=O) groups is 2. The van der Waals surface area contributed by atoms with Crippen molar-refractivity contribution in [3.63, 3.8) is 0 Å². The Morgan fingerprint density at radius 3 is 2.17 bits per heavy atom. The van der Waals surface area contributed by atoms with Crippen LogP contribution in [0, 0.1) is 0 Å². The Kier molecular flexibility index (Phi) is 7.00. The van der Waals surface area contributed by atoms with Crippen molar-refractivity contribution in [3.05, 3.63) is 95.6 Å². The molecule has 0 aliphatic heterocycles. The zero-order valence-electron chi connectivity index (χ0n) is 16.3. The van der Waals surface area contributed by atoms with Crippen LogP contribution in [0.15, 0.2) is 78.9 Å². The first-order chi connectivity index (χ1) is 14.1. The third-order valence-electron chi connectivity index (χ3n) is 4.32. The van der Waals surface area contributed by atoms with Gasteiger partial charge in [-0.05, 0) is 53.9 Å². The minimum atomic E-state index is -0.521. The molecule has 1 amide bonds. The zero-order valence-corrected chi connectivity index (χ0v) is 16.3. The van der Waals surface area contributed by atoms with Crippen molar-refractivity contribution in [1.82, 2.24) is 0 Å². The maximum absolute atomic E-state index is 12.0. The van der Waals surface area contributed by atoms with Crippen molar-refractivity contribution in [2.45, 2.75) is 20.0 Å². The third kappa shape index (κ3) is 6.21. The monoisotopic (exact) mass is 389 g/mol. The second-order valence-electron chi connectivity index (χ2n) is 6.47. The van der Waals surface area contributed by atoms with Gasteiger partial charge in [-0.3, -0.25) is 4.79 Å². The molecule has 0 saturated carbocycles. The number of anilines is 1. The molecule has 1 N–H and O–H groups in total. The molecule has 3 aromatic rings. The SMILES string of the molecule is CCc1ccc(C(=O)OCC(=O)Nc2ccc(OCc3ccccc3)cc2)cc1. The quantitative estimate of drug-likeness (QED) is 0.571. The highest BCUT2D eigenvalue weighted by Gasteiger charge is 2.10. The van der Waals surface area contributed by atoms with Gasteiger partial charge in [0.15, 0.2) is 6.61 Å². The Labute approximate surface area is 170 Å². The molecule has 0 spiro atoms. The minimum absolute atomic E-state index is 0.347. The second kappa shape index (κ2) is 10.1. The summed E-state index contributed by atoms with van der Waals surface area (Å²) in [5.41, 5.74) is 3.24. The van der Waals surface area contributed by atoms with Gasteiger partial charge in [0.1, 0.15) is 12.4 Å². The van der Waals surface area contributed by atoms with Crippen LogP contribution in [0.1, 0.15) is 28.4 Å². The van der Waals surface area contributed by atoms with Crippen LogP contribution in [0.2, 0.25) is 0 Å². The fourth-order valence-corrected chi connectivity index (χ4v) is 2.66.